The van der Waals surface area contributed by atoms with E-state index in [-0.39, 0.29) is 5.54 Å². The van der Waals surface area contributed by atoms with Crippen molar-refractivity contribution < 1.29 is 0 Å². The van der Waals surface area contributed by atoms with Crippen molar-refractivity contribution in [2.75, 3.05) is 6.54 Å². The van der Waals surface area contributed by atoms with Gasteiger partial charge in [0.05, 0.1) is 11.2 Å². The van der Waals surface area contributed by atoms with E-state index >= 15 is 0 Å². The number of hydrogen-bond acceptors (Lipinski definition) is 2. The SMILES string of the molecule is Cc1nc2c(n1C(C)(C)CN)CCCC2. The Kier molecular flexibility index (Phi) is 2.59. The van der Waals surface area contributed by atoms with Crippen LogP contribution in [0.2, 0.25) is 0 Å². The third-order valence-corrected chi connectivity index (χ3v) is 3.41. The van der Waals surface area contributed by atoms with E-state index in [1.807, 2.05) is 0 Å². The molecule has 0 unspecified atom stereocenters. The fraction of sp³-hybridized carbons (Fsp3) is 0.750. The number of rotatable bonds is 2. The molecule has 2 rings (SSSR count). The number of imidazole rings is 1. The predicted octanol–water partition coefficient (Wildman–Crippen LogP) is 1.76. The Balaban J connectivity index is 2.51. The van der Waals surface area contributed by atoms with Crippen LogP contribution in [-0.4, -0.2) is 16.1 Å². The molecule has 0 aliphatic heterocycles. The Morgan fingerprint density at radius 3 is 2.67 bits per heavy atom. The van der Waals surface area contributed by atoms with Crippen LogP contribution in [0.25, 0.3) is 0 Å². The van der Waals surface area contributed by atoms with Gasteiger partial charge in [-0.15, -0.1) is 0 Å². The zero-order chi connectivity index (χ0) is 11.1. The van der Waals surface area contributed by atoms with Crippen LogP contribution in [0.5, 0.6) is 0 Å². The van der Waals surface area contributed by atoms with Crippen LogP contribution in [0, 0.1) is 6.92 Å². The van der Waals surface area contributed by atoms with Gasteiger partial charge in [0, 0.05) is 12.2 Å². The Hall–Kier alpha value is -0.830. The summed E-state index contributed by atoms with van der Waals surface area (Å²) in [5.74, 6) is 1.12. The minimum absolute atomic E-state index is 0.00199. The van der Waals surface area contributed by atoms with Crippen molar-refractivity contribution in [1.29, 1.82) is 0 Å². The van der Waals surface area contributed by atoms with Gasteiger partial charge in [-0.1, -0.05) is 0 Å². The molecule has 0 aromatic carbocycles. The molecule has 0 atom stereocenters. The lowest BCUT2D eigenvalue weighted by Crippen LogP contribution is -2.37. The van der Waals surface area contributed by atoms with Gasteiger partial charge in [-0.2, -0.15) is 0 Å². The molecule has 1 heterocycles. The van der Waals surface area contributed by atoms with Gasteiger partial charge >= 0.3 is 0 Å². The summed E-state index contributed by atoms with van der Waals surface area (Å²) in [6.07, 6.45) is 4.88. The number of nitrogens with zero attached hydrogens (tertiary/aromatic N) is 2. The minimum Gasteiger partial charge on any atom is -0.328 e. The van der Waals surface area contributed by atoms with Gasteiger partial charge in [-0.25, -0.2) is 4.98 Å². The van der Waals surface area contributed by atoms with Gasteiger partial charge in [-0.05, 0) is 46.5 Å². The quantitative estimate of drug-likeness (QED) is 0.803. The molecular formula is C12H21N3. The first-order valence-corrected chi connectivity index (χ1v) is 5.84. The molecule has 0 fully saturated rings. The zero-order valence-electron chi connectivity index (χ0n) is 10.0. The Labute approximate surface area is 91.7 Å². The van der Waals surface area contributed by atoms with E-state index in [0.717, 1.165) is 12.2 Å². The lowest BCUT2D eigenvalue weighted by Gasteiger charge is -2.29. The summed E-state index contributed by atoms with van der Waals surface area (Å²) in [6.45, 7) is 7.14. The number of hydrogen-bond donors (Lipinski definition) is 1. The summed E-state index contributed by atoms with van der Waals surface area (Å²) >= 11 is 0. The minimum atomic E-state index is 0.00199. The molecule has 3 nitrogen and oxygen atoms in total. The smallest absolute Gasteiger partial charge is 0.106 e. The number of aryl methyl sites for hydroxylation is 2. The van der Waals surface area contributed by atoms with Gasteiger partial charge in [-0.3, -0.25) is 0 Å². The molecule has 1 aromatic rings. The Morgan fingerprint density at radius 2 is 2.00 bits per heavy atom. The molecule has 2 N–H and O–H groups in total. The summed E-state index contributed by atoms with van der Waals surface area (Å²) in [4.78, 5) is 4.67. The van der Waals surface area contributed by atoms with Crippen LogP contribution >= 0.6 is 0 Å². The van der Waals surface area contributed by atoms with E-state index in [1.54, 1.807) is 0 Å². The first-order valence-electron chi connectivity index (χ1n) is 5.84. The van der Waals surface area contributed by atoms with E-state index < -0.39 is 0 Å². The van der Waals surface area contributed by atoms with Crippen molar-refractivity contribution in [2.45, 2.75) is 52.0 Å². The summed E-state index contributed by atoms with van der Waals surface area (Å²) in [5, 5.41) is 0. The lowest BCUT2D eigenvalue weighted by molar-refractivity contribution is 0.345. The van der Waals surface area contributed by atoms with E-state index in [4.69, 9.17) is 5.73 Å². The maximum Gasteiger partial charge on any atom is 0.106 e. The number of fused-ring (bicyclic) bond motifs is 1. The van der Waals surface area contributed by atoms with Crippen molar-refractivity contribution in [1.82, 2.24) is 9.55 Å². The van der Waals surface area contributed by atoms with Crippen LogP contribution < -0.4 is 5.73 Å². The fourth-order valence-corrected chi connectivity index (χ4v) is 2.57. The fourth-order valence-electron chi connectivity index (χ4n) is 2.57. The summed E-state index contributed by atoms with van der Waals surface area (Å²) < 4.78 is 2.35. The van der Waals surface area contributed by atoms with Gasteiger partial charge in [0.25, 0.3) is 0 Å². The molecule has 1 aromatic heterocycles. The van der Waals surface area contributed by atoms with Crippen molar-refractivity contribution in [2.24, 2.45) is 5.73 Å². The van der Waals surface area contributed by atoms with Crippen LogP contribution in [0.1, 0.15) is 43.9 Å². The molecular weight excluding hydrogens is 186 g/mol. The molecule has 3 heteroatoms. The second kappa shape index (κ2) is 3.63. The maximum absolute atomic E-state index is 5.85. The van der Waals surface area contributed by atoms with Crippen LogP contribution in [-0.2, 0) is 18.4 Å². The van der Waals surface area contributed by atoms with Crippen molar-refractivity contribution in [3.8, 4) is 0 Å². The van der Waals surface area contributed by atoms with Gasteiger partial charge < -0.3 is 10.3 Å². The highest BCUT2D eigenvalue weighted by Gasteiger charge is 2.27. The molecule has 0 radical (unpaired) electrons. The van der Waals surface area contributed by atoms with Crippen molar-refractivity contribution in [3.63, 3.8) is 0 Å². The van der Waals surface area contributed by atoms with Gasteiger partial charge in [0.15, 0.2) is 0 Å². The predicted molar refractivity (Wildman–Crippen MR) is 62.0 cm³/mol. The van der Waals surface area contributed by atoms with Crippen LogP contribution in [0.15, 0.2) is 0 Å². The molecule has 1 aliphatic rings. The molecule has 0 spiro atoms. The summed E-state index contributed by atoms with van der Waals surface area (Å²) in [6, 6.07) is 0. The molecule has 1 aliphatic carbocycles. The number of nitrogens with two attached hydrogens (primary N) is 1. The standard InChI is InChI=1S/C12H21N3/c1-9-14-10-6-4-5-7-11(10)15(9)12(2,3)8-13/h4-8,13H2,1-3H3. The Morgan fingerprint density at radius 1 is 1.33 bits per heavy atom. The topological polar surface area (TPSA) is 43.8 Å². The van der Waals surface area contributed by atoms with Crippen LogP contribution in [0.4, 0.5) is 0 Å². The largest absolute Gasteiger partial charge is 0.328 e. The average Bonchev–Trinajstić information content (AvgIpc) is 2.54. The third kappa shape index (κ3) is 1.69. The van der Waals surface area contributed by atoms with Crippen LogP contribution in [0.3, 0.4) is 0 Å². The Bertz CT molecular complexity index is 363. The van der Waals surface area contributed by atoms with Gasteiger partial charge in [0.1, 0.15) is 5.82 Å². The second-order valence-corrected chi connectivity index (χ2v) is 5.11. The maximum atomic E-state index is 5.85. The highest BCUT2D eigenvalue weighted by molar-refractivity contribution is 5.22. The molecule has 0 saturated heterocycles. The van der Waals surface area contributed by atoms with Gasteiger partial charge in [0.2, 0.25) is 0 Å². The summed E-state index contributed by atoms with van der Waals surface area (Å²) in [5.41, 5.74) is 8.58. The highest BCUT2D eigenvalue weighted by Crippen LogP contribution is 2.27. The molecule has 0 amide bonds. The first kappa shape index (κ1) is 10.7. The van der Waals surface area contributed by atoms with E-state index in [0.29, 0.717) is 6.54 Å². The molecule has 84 valence electrons. The molecule has 0 saturated carbocycles. The average molecular weight is 207 g/mol. The zero-order valence-corrected chi connectivity index (χ0v) is 10.0. The lowest BCUT2D eigenvalue weighted by atomic mass is 9.98. The molecule has 0 bridgehead atoms. The second-order valence-electron chi connectivity index (χ2n) is 5.11. The van der Waals surface area contributed by atoms with Crippen molar-refractivity contribution in [3.05, 3.63) is 17.2 Å². The molecule has 15 heavy (non-hydrogen) atoms. The monoisotopic (exact) mass is 207 g/mol. The number of aromatic nitrogens is 2. The van der Waals surface area contributed by atoms with E-state index in [1.165, 1.54) is 30.7 Å². The highest BCUT2D eigenvalue weighted by atomic mass is 15.2. The third-order valence-electron chi connectivity index (χ3n) is 3.41. The summed E-state index contributed by atoms with van der Waals surface area (Å²) in [7, 11) is 0. The normalized spacial score (nSPS) is 16.5. The first-order chi connectivity index (χ1) is 7.06. The van der Waals surface area contributed by atoms with E-state index in [2.05, 4.69) is 30.3 Å². The van der Waals surface area contributed by atoms with E-state index in [9.17, 15) is 0 Å². The van der Waals surface area contributed by atoms with Crippen molar-refractivity contribution >= 4 is 0 Å².